The number of benzene rings is 1. The molecule has 1 aromatic rings. The van der Waals surface area contributed by atoms with Gasteiger partial charge in [0.15, 0.2) is 0 Å². The zero-order chi connectivity index (χ0) is 19.0. The Morgan fingerprint density at radius 2 is 1.76 bits per heavy atom. The summed E-state index contributed by atoms with van der Waals surface area (Å²) in [6, 6.07) is 9.74. The fraction of sp³-hybridized carbons (Fsp3) is 0.222. The monoisotopic (exact) mass is 377 g/mol. The molecule has 1 N–H and O–H groups in total. The highest BCUT2D eigenvalue weighted by Crippen LogP contribution is 2.31. The lowest BCUT2D eigenvalue weighted by Crippen LogP contribution is -2.33. The molecule has 2 rings (SSSR count). The number of aliphatic carboxylic acids is 1. The van der Waals surface area contributed by atoms with Crippen molar-refractivity contribution >= 4 is 52.0 Å². The van der Waals surface area contributed by atoms with E-state index >= 15 is 0 Å². The highest BCUT2D eigenvalue weighted by atomic mass is 32.2. The molecule has 1 heterocycles. The van der Waals surface area contributed by atoms with Crippen molar-refractivity contribution < 1.29 is 19.5 Å². The Morgan fingerprint density at radius 3 is 2.28 bits per heavy atom. The summed E-state index contributed by atoms with van der Waals surface area (Å²) in [5, 5.41) is 8.78. The van der Waals surface area contributed by atoms with Crippen LogP contribution in [-0.2, 0) is 14.4 Å². The van der Waals surface area contributed by atoms with E-state index in [9.17, 15) is 14.4 Å². The largest absolute Gasteiger partial charge is 0.480 e. The quantitative estimate of drug-likeness (QED) is 0.639. The van der Waals surface area contributed by atoms with Gasteiger partial charge in [-0.2, -0.15) is 0 Å². The molecular weight excluding hydrogens is 358 g/mol. The Morgan fingerprint density at radius 1 is 1.20 bits per heavy atom. The molecule has 5 nitrogen and oxygen atoms in total. The average Bonchev–Trinajstić information content (AvgIpc) is 2.75. The number of ketones is 1. The number of carbonyl (C=O) groups excluding carboxylic acids is 2. The third-order valence-corrected chi connectivity index (χ3v) is 4.10. The van der Waals surface area contributed by atoms with Crippen molar-refractivity contribution in [3.63, 3.8) is 0 Å². The number of carbonyl (C=O) groups is 3. The number of carboxylic acid groups (broad SMARTS) is 1. The van der Waals surface area contributed by atoms with Crippen LogP contribution in [0.5, 0.6) is 0 Å². The van der Waals surface area contributed by atoms with Gasteiger partial charge in [0.05, 0.1) is 4.91 Å². The van der Waals surface area contributed by atoms with E-state index in [0.717, 1.165) is 27.8 Å². The van der Waals surface area contributed by atoms with Gasteiger partial charge in [-0.3, -0.25) is 14.5 Å². The maximum atomic E-state index is 12.1. The second kappa shape index (κ2) is 9.90. The summed E-state index contributed by atoms with van der Waals surface area (Å²) in [6.45, 7) is 4.54. The molecule has 0 atom stereocenters. The first kappa shape index (κ1) is 20.8. The molecule has 0 spiro atoms. The van der Waals surface area contributed by atoms with E-state index in [2.05, 4.69) is 0 Å². The van der Waals surface area contributed by atoms with E-state index in [4.69, 9.17) is 17.3 Å². The molecule has 0 radical (unpaired) electrons. The molecular formula is C18H19NO4S2. The highest BCUT2D eigenvalue weighted by Gasteiger charge is 2.33. The van der Waals surface area contributed by atoms with Crippen molar-refractivity contribution in [2.75, 3.05) is 6.54 Å². The molecule has 7 heteroatoms. The van der Waals surface area contributed by atoms with E-state index in [1.807, 2.05) is 43.3 Å². The van der Waals surface area contributed by atoms with Gasteiger partial charge in [-0.15, -0.1) is 0 Å². The lowest BCUT2D eigenvalue weighted by molar-refractivity contribution is -0.140. The third-order valence-electron chi connectivity index (χ3n) is 2.72. The first-order chi connectivity index (χ1) is 11.7. The van der Waals surface area contributed by atoms with Crippen LogP contribution < -0.4 is 0 Å². The number of thioether (sulfide) groups is 1. The van der Waals surface area contributed by atoms with Crippen LogP contribution in [0.2, 0.25) is 0 Å². The summed E-state index contributed by atoms with van der Waals surface area (Å²) in [5.41, 5.74) is 1.93. The van der Waals surface area contributed by atoms with Crippen LogP contribution in [0.3, 0.4) is 0 Å². The number of hydrogen-bond donors (Lipinski definition) is 1. The second-order valence-electron chi connectivity index (χ2n) is 5.37. The summed E-state index contributed by atoms with van der Waals surface area (Å²) in [5.74, 6) is -1.27. The molecule has 0 aliphatic carbocycles. The van der Waals surface area contributed by atoms with Gasteiger partial charge in [-0.25, -0.2) is 0 Å². The average molecular weight is 377 g/mol. The number of thiocarbonyl (C=S) groups is 1. The maximum Gasteiger partial charge on any atom is 0.323 e. The minimum atomic E-state index is -1.08. The molecule has 0 unspecified atom stereocenters. The van der Waals surface area contributed by atoms with Crippen LogP contribution in [0, 0.1) is 0 Å². The van der Waals surface area contributed by atoms with Gasteiger partial charge < -0.3 is 9.90 Å². The summed E-state index contributed by atoms with van der Waals surface area (Å²) in [7, 11) is 0. The Labute approximate surface area is 156 Å². The number of rotatable bonds is 4. The fourth-order valence-electron chi connectivity index (χ4n) is 1.83. The van der Waals surface area contributed by atoms with Crippen molar-refractivity contribution in [2.24, 2.45) is 0 Å². The predicted molar refractivity (Wildman–Crippen MR) is 104 cm³/mol. The number of carboxylic acids is 1. The van der Waals surface area contributed by atoms with Gasteiger partial charge in [0.25, 0.3) is 5.91 Å². The maximum absolute atomic E-state index is 12.1. The Hall–Kier alpha value is -2.25. The van der Waals surface area contributed by atoms with Gasteiger partial charge in [0.1, 0.15) is 16.6 Å². The van der Waals surface area contributed by atoms with Crippen molar-refractivity contribution in [2.45, 2.75) is 20.8 Å². The molecule has 1 fully saturated rings. The van der Waals surface area contributed by atoms with E-state index in [0.29, 0.717) is 4.91 Å². The summed E-state index contributed by atoms with van der Waals surface area (Å²) in [6.07, 6.45) is 3.68. The molecule has 1 aliphatic heterocycles. The van der Waals surface area contributed by atoms with Crippen LogP contribution in [0.25, 0.3) is 6.08 Å². The first-order valence-corrected chi connectivity index (χ1v) is 8.61. The molecule has 1 aromatic carbocycles. The topological polar surface area (TPSA) is 74.7 Å². The van der Waals surface area contributed by atoms with E-state index < -0.39 is 12.5 Å². The summed E-state index contributed by atoms with van der Waals surface area (Å²) in [4.78, 5) is 33.8. The van der Waals surface area contributed by atoms with Crippen LogP contribution in [-0.4, -0.2) is 38.5 Å². The van der Waals surface area contributed by atoms with Gasteiger partial charge in [-0.1, -0.05) is 60.4 Å². The molecule has 25 heavy (non-hydrogen) atoms. The van der Waals surface area contributed by atoms with E-state index in [1.165, 1.54) is 13.8 Å². The smallest absolute Gasteiger partial charge is 0.323 e. The Balaban J connectivity index is 0.000000705. The van der Waals surface area contributed by atoms with Crippen molar-refractivity contribution in [3.05, 3.63) is 52.4 Å². The highest BCUT2D eigenvalue weighted by molar-refractivity contribution is 8.26. The minimum absolute atomic E-state index is 0.167. The zero-order valence-corrected chi connectivity index (χ0v) is 15.8. The van der Waals surface area contributed by atoms with Gasteiger partial charge in [0, 0.05) is 0 Å². The molecule has 1 aliphatic rings. The van der Waals surface area contributed by atoms with Crippen LogP contribution >= 0.6 is 24.0 Å². The normalized spacial score (nSPS) is 15.9. The van der Waals surface area contributed by atoms with Crippen LogP contribution in [0.15, 0.2) is 46.9 Å². The van der Waals surface area contributed by atoms with E-state index in [-0.39, 0.29) is 16.0 Å². The minimum Gasteiger partial charge on any atom is -0.480 e. The first-order valence-electron chi connectivity index (χ1n) is 7.38. The fourth-order valence-corrected chi connectivity index (χ4v) is 3.14. The Bertz CT molecular complexity index is 735. The molecule has 1 saturated heterocycles. The van der Waals surface area contributed by atoms with Crippen LogP contribution in [0.1, 0.15) is 26.3 Å². The van der Waals surface area contributed by atoms with Crippen molar-refractivity contribution in [3.8, 4) is 0 Å². The second-order valence-corrected chi connectivity index (χ2v) is 7.04. The number of nitrogens with zero attached hydrogens (tertiary/aromatic N) is 1. The Kier molecular flexibility index (Phi) is 8.24. The molecule has 0 saturated carbocycles. The number of Topliss-reactive ketones (excluding diaryl/α,β-unsaturated/α-hetero) is 1. The van der Waals surface area contributed by atoms with Gasteiger partial charge in [0.2, 0.25) is 0 Å². The zero-order valence-electron chi connectivity index (χ0n) is 14.2. The molecule has 132 valence electrons. The summed E-state index contributed by atoms with van der Waals surface area (Å²) < 4.78 is 0.279. The van der Waals surface area contributed by atoms with Crippen molar-refractivity contribution in [1.82, 2.24) is 4.90 Å². The standard InChI is InChI=1S/C15H13NO3S2.C3H6O/c1-10(7-11-5-3-2-4-6-11)8-12-14(19)16(9-13(17)18)15(20)21-12;1-3(2)4/h2-8H,9H2,1H3,(H,17,18);1-2H3/b10-7+,12-8-;. The molecule has 0 aromatic heterocycles. The lowest BCUT2D eigenvalue weighted by Gasteiger charge is -2.10. The third kappa shape index (κ3) is 7.45. The number of amides is 1. The van der Waals surface area contributed by atoms with Gasteiger partial charge >= 0.3 is 5.97 Å². The predicted octanol–water partition coefficient (Wildman–Crippen LogP) is 3.51. The van der Waals surface area contributed by atoms with Gasteiger partial charge in [-0.05, 0) is 38.0 Å². The SMILES string of the molecule is CC(/C=C1\SC(=S)N(CC(=O)O)C1=O)=C\c1ccccc1.CC(C)=O. The van der Waals surface area contributed by atoms with Crippen molar-refractivity contribution in [1.29, 1.82) is 0 Å². The molecule has 1 amide bonds. The van der Waals surface area contributed by atoms with Crippen LogP contribution in [0.4, 0.5) is 0 Å². The lowest BCUT2D eigenvalue weighted by atomic mass is 10.1. The molecule has 0 bridgehead atoms. The summed E-state index contributed by atoms with van der Waals surface area (Å²) >= 11 is 6.17. The number of hydrogen-bond acceptors (Lipinski definition) is 5. The number of allylic oxidation sites excluding steroid dienone is 2. The van der Waals surface area contributed by atoms with E-state index in [1.54, 1.807) is 6.08 Å².